The lowest BCUT2D eigenvalue weighted by molar-refractivity contribution is -0.139. The SMILES string of the molecule is CCOc1ccc(N(CC(=O)N(Cc2cccc(Cl)c2)C(C)C(=O)NC(C)CC)S(=O)(=O)c2ccc(C)cc2)cc1. The summed E-state index contributed by atoms with van der Waals surface area (Å²) in [6, 6.07) is 19.0. The Bertz CT molecular complexity index is 1430. The van der Waals surface area contributed by atoms with E-state index in [4.69, 9.17) is 16.3 Å². The van der Waals surface area contributed by atoms with Crippen LogP contribution < -0.4 is 14.4 Å². The maximum Gasteiger partial charge on any atom is 0.264 e. The largest absolute Gasteiger partial charge is 0.494 e. The number of ether oxygens (including phenoxy) is 1. The first-order valence-electron chi connectivity index (χ1n) is 13.6. The van der Waals surface area contributed by atoms with Crippen molar-refractivity contribution in [3.05, 3.63) is 88.9 Å². The van der Waals surface area contributed by atoms with Gasteiger partial charge in [-0.05, 0) is 88.2 Å². The Balaban J connectivity index is 2.03. The normalized spacial score (nSPS) is 12.7. The minimum absolute atomic E-state index is 0.0498. The van der Waals surface area contributed by atoms with Gasteiger partial charge in [-0.2, -0.15) is 0 Å². The molecular weight excluding hydrogens is 562 g/mol. The second-order valence-corrected chi connectivity index (χ2v) is 12.2. The molecule has 3 aromatic rings. The third kappa shape index (κ3) is 8.47. The maximum atomic E-state index is 14.0. The lowest BCUT2D eigenvalue weighted by atomic mass is 10.1. The number of aryl methyl sites for hydroxylation is 1. The van der Waals surface area contributed by atoms with Crippen LogP contribution in [0.1, 0.15) is 45.2 Å². The van der Waals surface area contributed by atoms with E-state index >= 15 is 0 Å². The van der Waals surface area contributed by atoms with Crippen LogP contribution in [0.2, 0.25) is 5.02 Å². The van der Waals surface area contributed by atoms with Crippen molar-refractivity contribution in [1.29, 1.82) is 0 Å². The number of nitrogens with zero attached hydrogens (tertiary/aromatic N) is 2. The highest BCUT2D eigenvalue weighted by Gasteiger charge is 2.32. The Morgan fingerprint density at radius 2 is 1.63 bits per heavy atom. The smallest absolute Gasteiger partial charge is 0.264 e. The number of benzene rings is 3. The van der Waals surface area contributed by atoms with Gasteiger partial charge in [0.25, 0.3) is 10.0 Å². The summed E-state index contributed by atoms with van der Waals surface area (Å²) in [5, 5.41) is 3.41. The van der Waals surface area contributed by atoms with Gasteiger partial charge in [-0.3, -0.25) is 13.9 Å². The van der Waals surface area contributed by atoms with Crippen molar-refractivity contribution in [1.82, 2.24) is 10.2 Å². The summed E-state index contributed by atoms with van der Waals surface area (Å²) in [7, 11) is -4.15. The number of amides is 2. The van der Waals surface area contributed by atoms with E-state index in [0.717, 1.165) is 16.3 Å². The Hall–Kier alpha value is -3.56. The van der Waals surface area contributed by atoms with Crippen molar-refractivity contribution >= 4 is 39.1 Å². The number of carbonyl (C=O) groups excluding carboxylic acids is 2. The second kappa shape index (κ2) is 14.4. The van der Waals surface area contributed by atoms with Crippen LogP contribution in [0, 0.1) is 6.92 Å². The number of hydrogen-bond donors (Lipinski definition) is 1. The van der Waals surface area contributed by atoms with Gasteiger partial charge in [-0.25, -0.2) is 8.42 Å². The van der Waals surface area contributed by atoms with Crippen molar-refractivity contribution in [2.45, 2.75) is 64.6 Å². The minimum Gasteiger partial charge on any atom is -0.494 e. The molecule has 0 saturated carbocycles. The molecule has 0 aromatic heterocycles. The van der Waals surface area contributed by atoms with Gasteiger partial charge < -0.3 is 15.0 Å². The predicted molar refractivity (Wildman–Crippen MR) is 163 cm³/mol. The Morgan fingerprint density at radius 3 is 2.22 bits per heavy atom. The molecule has 3 rings (SSSR count). The van der Waals surface area contributed by atoms with Crippen LogP contribution in [0.3, 0.4) is 0 Å². The summed E-state index contributed by atoms with van der Waals surface area (Å²) >= 11 is 6.20. The van der Waals surface area contributed by atoms with Gasteiger partial charge in [-0.1, -0.05) is 48.4 Å². The summed E-state index contributed by atoms with van der Waals surface area (Å²) in [5.74, 6) is -0.293. The van der Waals surface area contributed by atoms with E-state index in [2.05, 4.69) is 5.32 Å². The van der Waals surface area contributed by atoms with Crippen LogP contribution in [-0.2, 0) is 26.2 Å². The summed E-state index contributed by atoms with van der Waals surface area (Å²) in [4.78, 5) is 28.6. The molecule has 0 fully saturated rings. The van der Waals surface area contributed by atoms with Crippen LogP contribution in [0.5, 0.6) is 5.75 Å². The molecule has 0 radical (unpaired) electrons. The molecule has 2 amide bonds. The third-order valence-corrected chi connectivity index (χ3v) is 8.76. The van der Waals surface area contributed by atoms with Gasteiger partial charge in [0.15, 0.2) is 0 Å². The number of rotatable bonds is 13. The third-order valence-electron chi connectivity index (χ3n) is 6.73. The molecule has 1 N–H and O–H groups in total. The molecule has 0 saturated heterocycles. The fourth-order valence-electron chi connectivity index (χ4n) is 4.12. The standard InChI is InChI=1S/C31H38ClN3O5S/c1-6-23(4)33-31(37)24(5)34(20-25-9-8-10-26(32)19-25)30(36)21-35(27-13-15-28(16-14-27)40-7-2)41(38,39)29-17-11-22(3)12-18-29/h8-19,23-24H,6-7,20-21H2,1-5H3,(H,33,37). The predicted octanol–water partition coefficient (Wildman–Crippen LogP) is 5.57. The first-order valence-corrected chi connectivity index (χ1v) is 15.4. The molecule has 41 heavy (non-hydrogen) atoms. The molecule has 10 heteroatoms. The molecule has 2 unspecified atom stereocenters. The highest BCUT2D eigenvalue weighted by Crippen LogP contribution is 2.27. The van der Waals surface area contributed by atoms with E-state index in [0.29, 0.717) is 28.6 Å². The number of hydrogen-bond acceptors (Lipinski definition) is 5. The highest BCUT2D eigenvalue weighted by molar-refractivity contribution is 7.92. The molecular formula is C31H38ClN3O5S. The van der Waals surface area contributed by atoms with Crippen LogP contribution in [0.4, 0.5) is 5.69 Å². The first-order chi connectivity index (χ1) is 19.5. The van der Waals surface area contributed by atoms with Crippen LogP contribution in [0.15, 0.2) is 77.7 Å². The molecule has 0 aliphatic rings. The second-order valence-electron chi connectivity index (χ2n) is 9.90. The van der Waals surface area contributed by atoms with Gasteiger partial charge >= 0.3 is 0 Å². The van der Waals surface area contributed by atoms with Crippen molar-refractivity contribution in [3.63, 3.8) is 0 Å². The number of anilines is 1. The van der Waals surface area contributed by atoms with E-state index in [-0.39, 0.29) is 23.4 Å². The fourth-order valence-corrected chi connectivity index (χ4v) is 5.75. The quantitative estimate of drug-likeness (QED) is 0.277. The molecule has 0 spiro atoms. The summed E-state index contributed by atoms with van der Waals surface area (Å²) in [5.41, 5.74) is 1.91. The topological polar surface area (TPSA) is 96.0 Å². The molecule has 3 aromatic carbocycles. The summed E-state index contributed by atoms with van der Waals surface area (Å²) in [6.45, 7) is 9.19. The molecule has 220 valence electrons. The summed E-state index contributed by atoms with van der Waals surface area (Å²) in [6.07, 6.45) is 0.723. The lowest BCUT2D eigenvalue weighted by Gasteiger charge is -2.32. The van der Waals surface area contributed by atoms with E-state index < -0.39 is 28.5 Å². The number of halogens is 1. The van der Waals surface area contributed by atoms with Gasteiger partial charge in [0.2, 0.25) is 11.8 Å². The van der Waals surface area contributed by atoms with E-state index in [1.807, 2.05) is 27.7 Å². The number of carbonyl (C=O) groups is 2. The van der Waals surface area contributed by atoms with Crippen molar-refractivity contribution in [2.75, 3.05) is 17.5 Å². The van der Waals surface area contributed by atoms with Gasteiger partial charge in [-0.15, -0.1) is 0 Å². The molecule has 0 aliphatic heterocycles. The molecule has 0 aliphatic carbocycles. The Kier molecular flexibility index (Phi) is 11.2. The summed E-state index contributed by atoms with van der Waals surface area (Å²) < 4.78 is 34.5. The Morgan fingerprint density at radius 1 is 0.976 bits per heavy atom. The van der Waals surface area contributed by atoms with Crippen molar-refractivity contribution in [2.24, 2.45) is 0 Å². The van der Waals surface area contributed by atoms with Crippen LogP contribution >= 0.6 is 11.6 Å². The number of sulfonamides is 1. The molecule has 2 atom stereocenters. The average molecular weight is 600 g/mol. The van der Waals surface area contributed by atoms with E-state index in [9.17, 15) is 18.0 Å². The monoisotopic (exact) mass is 599 g/mol. The van der Waals surface area contributed by atoms with Crippen LogP contribution in [0.25, 0.3) is 0 Å². The molecule has 0 bridgehead atoms. The van der Waals surface area contributed by atoms with Gasteiger partial charge in [0, 0.05) is 17.6 Å². The Labute approximate surface area is 248 Å². The van der Waals surface area contributed by atoms with Gasteiger partial charge in [0.05, 0.1) is 17.2 Å². The van der Waals surface area contributed by atoms with Gasteiger partial charge in [0.1, 0.15) is 18.3 Å². The van der Waals surface area contributed by atoms with E-state index in [1.54, 1.807) is 67.6 Å². The minimum atomic E-state index is -4.15. The van der Waals surface area contributed by atoms with Crippen LogP contribution in [-0.4, -0.2) is 50.4 Å². The highest BCUT2D eigenvalue weighted by atomic mass is 35.5. The maximum absolute atomic E-state index is 14.0. The lowest BCUT2D eigenvalue weighted by Crippen LogP contribution is -2.52. The zero-order valence-corrected chi connectivity index (χ0v) is 25.7. The molecule has 8 nitrogen and oxygen atoms in total. The van der Waals surface area contributed by atoms with Crippen molar-refractivity contribution < 1.29 is 22.7 Å². The average Bonchev–Trinajstić information content (AvgIpc) is 2.95. The number of nitrogens with one attached hydrogen (secondary N) is 1. The zero-order valence-electron chi connectivity index (χ0n) is 24.1. The zero-order chi connectivity index (χ0) is 30.2. The fraction of sp³-hybridized carbons (Fsp3) is 0.355. The van der Waals surface area contributed by atoms with E-state index in [1.165, 1.54) is 17.0 Å². The molecule has 0 heterocycles. The van der Waals surface area contributed by atoms with Crippen molar-refractivity contribution in [3.8, 4) is 5.75 Å². The first kappa shape index (κ1) is 32.0.